The highest BCUT2D eigenvalue weighted by atomic mass is 14.8. The van der Waals surface area contributed by atoms with Gasteiger partial charge in [-0.1, -0.05) is 18.2 Å². The maximum Gasteiger partial charge on any atom is 0.124 e. The molecule has 0 fully saturated rings. The van der Waals surface area contributed by atoms with E-state index in [1.807, 2.05) is 36.4 Å². The van der Waals surface area contributed by atoms with Gasteiger partial charge in [0.1, 0.15) is 5.82 Å². The maximum absolute atomic E-state index is 5.51. The Morgan fingerprint density at radius 1 is 1.00 bits per heavy atom. The van der Waals surface area contributed by atoms with Crippen molar-refractivity contribution in [1.29, 1.82) is 0 Å². The van der Waals surface area contributed by atoms with E-state index >= 15 is 0 Å². The lowest BCUT2D eigenvalue weighted by Crippen LogP contribution is -1.88. The second-order valence-corrected chi connectivity index (χ2v) is 2.43. The highest BCUT2D eigenvalue weighted by Gasteiger charge is 1.91. The van der Waals surface area contributed by atoms with Crippen LogP contribution in [0.5, 0.6) is 0 Å². The van der Waals surface area contributed by atoms with E-state index < -0.39 is 0 Å². The standard InChI is InChI=1S/C9H8N2.H3N/c10-9-6-5-7-3-1-2-4-8(7)11-9;/h1-6H,(H2,10,11);1H3. The minimum Gasteiger partial charge on any atom is -0.384 e. The Hall–Kier alpha value is -1.61. The van der Waals surface area contributed by atoms with Gasteiger partial charge in [-0.25, -0.2) is 4.98 Å². The molecular formula is C9H11N3. The smallest absolute Gasteiger partial charge is 0.124 e. The lowest BCUT2D eigenvalue weighted by molar-refractivity contribution is 1.42. The van der Waals surface area contributed by atoms with Gasteiger partial charge in [0.25, 0.3) is 0 Å². The van der Waals surface area contributed by atoms with Gasteiger partial charge in [-0.2, -0.15) is 0 Å². The predicted octanol–water partition coefficient (Wildman–Crippen LogP) is 1.98. The monoisotopic (exact) mass is 161 g/mol. The number of nitrogens with two attached hydrogens (primary N) is 1. The number of hydrogen-bond donors (Lipinski definition) is 2. The van der Waals surface area contributed by atoms with Gasteiger partial charge in [-0.05, 0) is 18.2 Å². The van der Waals surface area contributed by atoms with E-state index in [4.69, 9.17) is 5.73 Å². The third-order valence-corrected chi connectivity index (χ3v) is 1.62. The minimum atomic E-state index is 0. The maximum atomic E-state index is 5.51. The molecule has 0 saturated carbocycles. The Balaban J connectivity index is 0.000000720. The first-order valence-corrected chi connectivity index (χ1v) is 3.47. The summed E-state index contributed by atoms with van der Waals surface area (Å²) < 4.78 is 0. The van der Waals surface area contributed by atoms with Crippen LogP contribution in [0.15, 0.2) is 36.4 Å². The van der Waals surface area contributed by atoms with E-state index in [0.717, 1.165) is 10.9 Å². The van der Waals surface area contributed by atoms with Gasteiger partial charge in [-0.15, -0.1) is 0 Å². The van der Waals surface area contributed by atoms with E-state index in [1.165, 1.54) is 0 Å². The molecule has 0 aliphatic carbocycles. The van der Waals surface area contributed by atoms with Crippen molar-refractivity contribution in [3.05, 3.63) is 36.4 Å². The van der Waals surface area contributed by atoms with Crippen molar-refractivity contribution in [2.75, 3.05) is 5.73 Å². The lowest BCUT2D eigenvalue weighted by Gasteiger charge is -1.95. The number of fused-ring (bicyclic) bond motifs is 1. The van der Waals surface area contributed by atoms with Crippen molar-refractivity contribution in [2.45, 2.75) is 0 Å². The second-order valence-electron chi connectivity index (χ2n) is 2.43. The molecule has 1 heterocycles. The molecule has 0 amide bonds. The zero-order valence-corrected chi connectivity index (χ0v) is 6.70. The molecule has 3 nitrogen and oxygen atoms in total. The molecule has 3 heteroatoms. The fourth-order valence-electron chi connectivity index (χ4n) is 1.08. The Morgan fingerprint density at radius 3 is 2.58 bits per heavy atom. The fraction of sp³-hybridized carbons (Fsp3) is 0. The molecule has 5 N–H and O–H groups in total. The van der Waals surface area contributed by atoms with Gasteiger partial charge in [-0.3, -0.25) is 0 Å². The highest BCUT2D eigenvalue weighted by molar-refractivity contribution is 5.79. The number of pyridine rings is 1. The Kier molecular flexibility index (Phi) is 2.26. The number of rotatable bonds is 0. The number of nitrogen functional groups attached to an aromatic ring is 1. The van der Waals surface area contributed by atoms with Gasteiger partial charge in [0.15, 0.2) is 0 Å². The molecule has 62 valence electrons. The van der Waals surface area contributed by atoms with Crippen molar-refractivity contribution in [2.24, 2.45) is 0 Å². The molecule has 0 aliphatic heterocycles. The molecule has 0 saturated heterocycles. The lowest BCUT2D eigenvalue weighted by atomic mass is 10.2. The first-order valence-electron chi connectivity index (χ1n) is 3.47. The second kappa shape index (κ2) is 3.19. The van der Waals surface area contributed by atoms with E-state index in [-0.39, 0.29) is 6.15 Å². The predicted molar refractivity (Wildman–Crippen MR) is 51.2 cm³/mol. The molecule has 1 aromatic heterocycles. The van der Waals surface area contributed by atoms with Gasteiger partial charge in [0, 0.05) is 5.39 Å². The largest absolute Gasteiger partial charge is 0.384 e. The summed E-state index contributed by atoms with van der Waals surface area (Å²) in [6.45, 7) is 0. The SMILES string of the molecule is N.Nc1ccc2ccccc2n1. The van der Waals surface area contributed by atoms with Crippen LogP contribution in [0.4, 0.5) is 5.82 Å². The average molecular weight is 161 g/mol. The summed E-state index contributed by atoms with van der Waals surface area (Å²) in [4.78, 5) is 4.15. The number of anilines is 1. The molecule has 0 bridgehead atoms. The molecule has 0 radical (unpaired) electrons. The molecule has 2 aromatic rings. The molecule has 0 spiro atoms. The first-order chi connectivity index (χ1) is 5.36. The van der Waals surface area contributed by atoms with Crippen LogP contribution < -0.4 is 11.9 Å². The highest BCUT2D eigenvalue weighted by Crippen LogP contribution is 2.11. The molecule has 0 unspecified atom stereocenters. The molecule has 0 atom stereocenters. The minimum absolute atomic E-state index is 0. The van der Waals surface area contributed by atoms with Crippen molar-refractivity contribution < 1.29 is 0 Å². The van der Waals surface area contributed by atoms with E-state index in [9.17, 15) is 0 Å². The quantitative estimate of drug-likeness (QED) is 0.620. The molecule has 0 aliphatic rings. The van der Waals surface area contributed by atoms with Crippen molar-refractivity contribution in [3.8, 4) is 0 Å². The number of aromatic nitrogens is 1. The number of para-hydroxylation sites is 1. The van der Waals surface area contributed by atoms with Gasteiger partial charge >= 0.3 is 0 Å². The van der Waals surface area contributed by atoms with Crippen LogP contribution in [-0.4, -0.2) is 4.98 Å². The van der Waals surface area contributed by atoms with Crippen LogP contribution in [0.1, 0.15) is 0 Å². The summed E-state index contributed by atoms with van der Waals surface area (Å²) in [7, 11) is 0. The van der Waals surface area contributed by atoms with Crippen LogP contribution in [0.3, 0.4) is 0 Å². The van der Waals surface area contributed by atoms with E-state index in [0.29, 0.717) is 5.82 Å². The Bertz CT molecular complexity index is 384. The number of hydrogen-bond acceptors (Lipinski definition) is 3. The van der Waals surface area contributed by atoms with Crippen LogP contribution in [0, 0.1) is 0 Å². The van der Waals surface area contributed by atoms with Crippen LogP contribution in [0.25, 0.3) is 10.9 Å². The Labute approximate surface area is 70.8 Å². The zero-order valence-electron chi connectivity index (χ0n) is 6.70. The van der Waals surface area contributed by atoms with Gasteiger partial charge in [0.2, 0.25) is 0 Å². The van der Waals surface area contributed by atoms with E-state index in [2.05, 4.69) is 4.98 Å². The summed E-state index contributed by atoms with van der Waals surface area (Å²) in [6, 6.07) is 11.7. The summed E-state index contributed by atoms with van der Waals surface area (Å²) in [6.07, 6.45) is 0. The summed E-state index contributed by atoms with van der Waals surface area (Å²) in [5.74, 6) is 0.573. The van der Waals surface area contributed by atoms with E-state index in [1.54, 1.807) is 0 Å². The number of nitrogens with zero attached hydrogens (tertiary/aromatic N) is 1. The van der Waals surface area contributed by atoms with Gasteiger partial charge < -0.3 is 11.9 Å². The fourth-order valence-corrected chi connectivity index (χ4v) is 1.08. The zero-order chi connectivity index (χ0) is 7.68. The van der Waals surface area contributed by atoms with Crippen LogP contribution in [0.2, 0.25) is 0 Å². The third-order valence-electron chi connectivity index (χ3n) is 1.62. The van der Waals surface area contributed by atoms with Crippen molar-refractivity contribution in [3.63, 3.8) is 0 Å². The normalized spacial score (nSPS) is 9.33. The van der Waals surface area contributed by atoms with Crippen molar-refractivity contribution >= 4 is 16.7 Å². The summed E-state index contributed by atoms with van der Waals surface area (Å²) in [5, 5.41) is 1.13. The Morgan fingerprint density at radius 2 is 1.75 bits per heavy atom. The van der Waals surface area contributed by atoms with Crippen LogP contribution in [-0.2, 0) is 0 Å². The van der Waals surface area contributed by atoms with Crippen molar-refractivity contribution in [1.82, 2.24) is 11.1 Å². The topological polar surface area (TPSA) is 73.9 Å². The third kappa shape index (κ3) is 1.35. The van der Waals surface area contributed by atoms with Crippen LogP contribution >= 0.6 is 0 Å². The molecule has 1 aromatic carbocycles. The molecular weight excluding hydrogens is 150 g/mol. The summed E-state index contributed by atoms with van der Waals surface area (Å²) >= 11 is 0. The molecule has 2 rings (SSSR count). The summed E-state index contributed by atoms with van der Waals surface area (Å²) in [5.41, 5.74) is 6.46. The van der Waals surface area contributed by atoms with Gasteiger partial charge in [0.05, 0.1) is 5.52 Å². The molecule has 12 heavy (non-hydrogen) atoms. The average Bonchev–Trinajstić information content (AvgIpc) is 2.04. The first kappa shape index (κ1) is 8.49. The number of benzene rings is 1.